The van der Waals surface area contributed by atoms with E-state index < -0.39 is 9.05 Å². The number of nitrogens with zero attached hydrogens (tertiary/aromatic N) is 1. The third-order valence-corrected chi connectivity index (χ3v) is 6.82. The summed E-state index contributed by atoms with van der Waals surface area (Å²) < 4.78 is 22.5. The van der Waals surface area contributed by atoms with Crippen molar-refractivity contribution in [1.29, 1.82) is 0 Å². The number of amides is 1. The first kappa shape index (κ1) is 15.8. The zero-order valence-corrected chi connectivity index (χ0v) is 13.7. The van der Waals surface area contributed by atoms with Crippen LogP contribution >= 0.6 is 22.0 Å². The van der Waals surface area contributed by atoms with Crippen molar-refractivity contribution in [1.82, 2.24) is 4.90 Å². The van der Waals surface area contributed by atoms with Crippen molar-refractivity contribution < 1.29 is 13.2 Å². The third-order valence-electron chi connectivity index (χ3n) is 3.64. The molecule has 0 bridgehead atoms. The Hall–Kier alpha value is -0.590. The summed E-state index contributed by atoms with van der Waals surface area (Å²) in [5, 5.41) is 0. The monoisotopic (exact) mass is 335 g/mol. The molecule has 0 spiro atoms. The Morgan fingerprint density at radius 1 is 1.45 bits per heavy atom. The van der Waals surface area contributed by atoms with Gasteiger partial charge in [-0.05, 0) is 37.8 Å². The van der Waals surface area contributed by atoms with Crippen LogP contribution in [0.15, 0.2) is 16.3 Å². The van der Waals surface area contributed by atoms with Gasteiger partial charge in [-0.3, -0.25) is 4.79 Å². The van der Waals surface area contributed by atoms with E-state index in [2.05, 4.69) is 0 Å². The van der Waals surface area contributed by atoms with Crippen LogP contribution in [0.1, 0.15) is 31.1 Å². The van der Waals surface area contributed by atoms with E-state index in [9.17, 15) is 13.2 Å². The fraction of sp³-hybridized carbons (Fsp3) is 0.615. The number of likely N-dealkylation sites (N-methyl/N-ethyl adjacent to an activating group) is 1. The number of thiophene rings is 1. The predicted octanol–water partition coefficient (Wildman–Crippen LogP) is 2.87. The van der Waals surface area contributed by atoms with Gasteiger partial charge in [-0.2, -0.15) is 0 Å². The van der Waals surface area contributed by atoms with E-state index in [4.69, 9.17) is 10.7 Å². The van der Waals surface area contributed by atoms with Gasteiger partial charge in [0.15, 0.2) is 0 Å². The number of hydrogen-bond donors (Lipinski definition) is 0. The molecule has 0 N–H and O–H groups in total. The minimum Gasteiger partial charge on any atom is -0.342 e. The molecular formula is C13H18ClNO3S2. The Balaban J connectivity index is 1.97. The molecule has 2 rings (SSSR count). The normalized spacial score (nSPS) is 15.9. The summed E-state index contributed by atoms with van der Waals surface area (Å²) in [6.07, 6.45) is 3.92. The molecule has 112 valence electrons. The summed E-state index contributed by atoms with van der Waals surface area (Å²) in [6.45, 7) is 3.49. The van der Waals surface area contributed by atoms with Gasteiger partial charge >= 0.3 is 0 Å². The molecule has 1 aromatic rings. The number of carbonyl (C=O) groups is 1. The maximum absolute atomic E-state index is 12.2. The summed E-state index contributed by atoms with van der Waals surface area (Å²) in [4.78, 5) is 14.8. The van der Waals surface area contributed by atoms with Gasteiger partial charge in [-0.15, -0.1) is 11.3 Å². The fourth-order valence-corrected chi connectivity index (χ4v) is 4.35. The molecule has 0 aromatic carbocycles. The maximum atomic E-state index is 12.2. The molecule has 1 saturated carbocycles. The summed E-state index contributed by atoms with van der Waals surface area (Å²) in [7, 11) is 1.59. The quantitative estimate of drug-likeness (QED) is 0.751. The SMILES string of the molecule is CCN(CC1CCC1)C(=O)Cc1ccc(S(=O)(=O)Cl)s1. The average molecular weight is 336 g/mol. The van der Waals surface area contributed by atoms with Gasteiger partial charge in [-0.25, -0.2) is 8.42 Å². The second-order valence-corrected chi connectivity index (χ2v) is 9.03. The van der Waals surface area contributed by atoms with Crippen LogP contribution in [0.5, 0.6) is 0 Å². The molecule has 0 saturated heterocycles. The predicted molar refractivity (Wildman–Crippen MR) is 80.7 cm³/mol. The summed E-state index contributed by atoms with van der Waals surface area (Å²) >= 11 is 1.07. The van der Waals surface area contributed by atoms with Crippen LogP contribution in [-0.4, -0.2) is 32.3 Å². The van der Waals surface area contributed by atoms with Gasteiger partial charge in [-0.1, -0.05) is 6.42 Å². The standard InChI is InChI=1S/C13H18ClNO3S2/c1-2-15(9-10-4-3-5-10)12(16)8-11-6-7-13(19-11)20(14,17)18/h6-7,10H,2-5,8-9H2,1H3. The minimum absolute atomic E-state index is 0.0553. The second kappa shape index (κ2) is 6.45. The first-order valence-corrected chi connectivity index (χ1v) is 9.84. The molecule has 0 unspecified atom stereocenters. The molecule has 0 atom stereocenters. The fourth-order valence-electron chi connectivity index (χ4n) is 2.24. The lowest BCUT2D eigenvalue weighted by Gasteiger charge is -2.31. The van der Waals surface area contributed by atoms with Gasteiger partial charge in [0.05, 0.1) is 6.42 Å². The lowest BCUT2D eigenvalue weighted by molar-refractivity contribution is -0.131. The number of rotatable bonds is 6. The van der Waals surface area contributed by atoms with Crippen molar-refractivity contribution in [2.24, 2.45) is 5.92 Å². The number of carbonyl (C=O) groups excluding carboxylic acids is 1. The molecule has 1 amide bonds. The molecule has 1 fully saturated rings. The second-order valence-electron chi connectivity index (χ2n) is 5.06. The zero-order chi connectivity index (χ0) is 14.8. The first-order chi connectivity index (χ1) is 9.40. The highest BCUT2D eigenvalue weighted by atomic mass is 35.7. The molecule has 20 heavy (non-hydrogen) atoms. The third kappa shape index (κ3) is 3.96. The van der Waals surface area contributed by atoms with Crippen molar-refractivity contribution in [3.05, 3.63) is 17.0 Å². The van der Waals surface area contributed by atoms with E-state index in [1.165, 1.54) is 25.3 Å². The molecule has 1 aliphatic carbocycles. The van der Waals surface area contributed by atoms with Crippen LogP contribution in [0, 0.1) is 5.92 Å². The molecule has 0 radical (unpaired) electrons. The molecule has 0 aliphatic heterocycles. The Morgan fingerprint density at radius 2 is 2.15 bits per heavy atom. The first-order valence-electron chi connectivity index (χ1n) is 6.71. The van der Waals surface area contributed by atoms with Crippen LogP contribution < -0.4 is 0 Å². The molecule has 1 heterocycles. The Kier molecular flexibility index (Phi) is 5.09. The topological polar surface area (TPSA) is 54.5 Å². The summed E-state index contributed by atoms with van der Waals surface area (Å²) in [5.74, 6) is 0.695. The zero-order valence-electron chi connectivity index (χ0n) is 11.3. The Morgan fingerprint density at radius 3 is 2.60 bits per heavy atom. The van der Waals surface area contributed by atoms with Crippen molar-refractivity contribution in [2.45, 2.75) is 36.8 Å². The Labute approximate surface area is 128 Å². The van der Waals surface area contributed by atoms with E-state index >= 15 is 0 Å². The summed E-state index contributed by atoms with van der Waals surface area (Å²) in [6, 6.07) is 3.12. The largest absolute Gasteiger partial charge is 0.342 e. The molecule has 1 aliphatic rings. The van der Waals surface area contributed by atoms with Crippen LogP contribution in [0.25, 0.3) is 0 Å². The van der Waals surface area contributed by atoms with E-state index in [1.807, 2.05) is 11.8 Å². The van der Waals surface area contributed by atoms with Gasteiger partial charge < -0.3 is 4.90 Å². The van der Waals surface area contributed by atoms with Crippen LogP contribution in [0.2, 0.25) is 0 Å². The highest BCUT2D eigenvalue weighted by Crippen LogP contribution is 2.28. The van der Waals surface area contributed by atoms with Crippen molar-refractivity contribution in [3.63, 3.8) is 0 Å². The van der Waals surface area contributed by atoms with E-state index in [0.29, 0.717) is 12.5 Å². The number of halogens is 1. The van der Waals surface area contributed by atoms with Crippen LogP contribution in [0.3, 0.4) is 0 Å². The van der Waals surface area contributed by atoms with E-state index in [-0.39, 0.29) is 16.5 Å². The van der Waals surface area contributed by atoms with E-state index in [0.717, 1.165) is 22.8 Å². The van der Waals surface area contributed by atoms with Gasteiger partial charge in [0.1, 0.15) is 4.21 Å². The number of hydrogen-bond acceptors (Lipinski definition) is 4. The molecule has 4 nitrogen and oxygen atoms in total. The molecule has 7 heteroatoms. The van der Waals surface area contributed by atoms with Crippen molar-refractivity contribution in [2.75, 3.05) is 13.1 Å². The molecular weight excluding hydrogens is 318 g/mol. The Bertz CT molecular complexity index is 578. The lowest BCUT2D eigenvalue weighted by atomic mass is 9.85. The van der Waals surface area contributed by atoms with Crippen LogP contribution in [0.4, 0.5) is 0 Å². The minimum atomic E-state index is -3.69. The summed E-state index contributed by atoms with van der Waals surface area (Å²) in [5.41, 5.74) is 0. The van der Waals surface area contributed by atoms with Crippen LogP contribution in [-0.2, 0) is 20.3 Å². The smallest absolute Gasteiger partial charge is 0.270 e. The average Bonchev–Trinajstić information content (AvgIpc) is 2.75. The van der Waals surface area contributed by atoms with Crippen molar-refractivity contribution >= 4 is 37.0 Å². The maximum Gasteiger partial charge on any atom is 0.270 e. The van der Waals surface area contributed by atoms with Gasteiger partial charge in [0.2, 0.25) is 5.91 Å². The van der Waals surface area contributed by atoms with Gasteiger partial charge in [0.25, 0.3) is 9.05 Å². The molecule has 1 aromatic heterocycles. The van der Waals surface area contributed by atoms with E-state index in [1.54, 1.807) is 6.07 Å². The van der Waals surface area contributed by atoms with Gasteiger partial charge in [0, 0.05) is 28.6 Å². The highest BCUT2D eigenvalue weighted by Gasteiger charge is 2.23. The van der Waals surface area contributed by atoms with Crippen molar-refractivity contribution in [3.8, 4) is 0 Å². The highest BCUT2D eigenvalue weighted by molar-refractivity contribution is 8.15. The lowest BCUT2D eigenvalue weighted by Crippen LogP contribution is -2.38.